The number of esters is 3. The van der Waals surface area contributed by atoms with Gasteiger partial charge >= 0.3 is 17.9 Å². The van der Waals surface area contributed by atoms with Gasteiger partial charge in [0, 0.05) is 19.3 Å². The van der Waals surface area contributed by atoms with Crippen molar-refractivity contribution in [3.8, 4) is 0 Å². The maximum absolute atomic E-state index is 12.9. The van der Waals surface area contributed by atoms with Crippen LogP contribution in [0.25, 0.3) is 0 Å². The zero-order valence-electron chi connectivity index (χ0n) is 52.3. The normalized spacial score (nSPS) is 12.9. The molecule has 456 valence electrons. The third kappa shape index (κ3) is 64.6. The minimum absolute atomic E-state index is 0.0842. The molecule has 6 heteroatoms. The Bertz CT molecular complexity index is 1650. The average Bonchev–Trinajstić information content (AvgIpc) is 3.46. The molecule has 0 saturated carbocycles. The molecule has 0 bridgehead atoms. The third-order valence-electron chi connectivity index (χ3n) is 14.2. The van der Waals surface area contributed by atoms with E-state index in [1.54, 1.807) is 0 Å². The molecule has 0 aliphatic heterocycles. The highest BCUT2D eigenvalue weighted by Crippen LogP contribution is 2.16. The summed E-state index contributed by atoms with van der Waals surface area (Å²) in [4.78, 5) is 38.2. The van der Waals surface area contributed by atoms with Crippen molar-refractivity contribution in [2.24, 2.45) is 0 Å². The lowest BCUT2D eigenvalue weighted by Gasteiger charge is -2.18. The van der Waals surface area contributed by atoms with E-state index in [-0.39, 0.29) is 31.1 Å². The molecule has 0 spiro atoms. The first-order valence-electron chi connectivity index (χ1n) is 33.5. The molecule has 0 aromatic heterocycles. The largest absolute Gasteiger partial charge is 0.462 e. The van der Waals surface area contributed by atoms with E-state index in [0.717, 1.165) is 128 Å². The molecular weight excluding hydrogens is 985 g/mol. The molecule has 0 fully saturated rings. The Hall–Kier alpha value is -4.19. The van der Waals surface area contributed by atoms with E-state index in [4.69, 9.17) is 14.2 Å². The van der Waals surface area contributed by atoms with Crippen LogP contribution in [0.3, 0.4) is 0 Å². The standard InChI is InChI=1S/C74H124O6/c1-4-7-10-13-16-19-22-24-26-28-29-30-31-32-33-34-35-36-37-38-39-40-41-42-43-44-45-47-48-50-52-55-58-61-64-67-73(76)79-70-71(69-78-72(75)66-63-60-57-54-21-18-15-12-9-6-3)80-74(77)68-65-62-59-56-53-51-49-46-27-25-23-20-17-14-11-8-5-2/h7,10,12,15-17,19-20,24-27,29-30,32-33,35-36,38-39,71H,4-6,8-9,11,13-14,18,21-23,28,31,34,37,40-70H2,1-3H3/b10-7-,15-12-,19-16-,20-17-,26-24-,27-25-,30-29-,33-32-,36-35-,39-38-. The maximum Gasteiger partial charge on any atom is 0.306 e. The van der Waals surface area contributed by atoms with E-state index >= 15 is 0 Å². The van der Waals surface area contributed by atoms with Crippen LogP contribution in [0.5, 0.6) is 0 Å². The number of ether oxygens (including phenoxy) is 3. The summed E-state index contributed by atoms with van der Waals surface area (Å²) in [5.74, 6) is -0.898. The summed E-state index contributed by atoms with van der Waals surface area (Å²) >= 11 is 0. The Balaban J connectivity index is 4.15. The summed E-state index contributed by atoms with van der Waals surface area (Å²) in [5, 5.41) is 0. The van der Waals surface area contributed by atoms with Crippen molar-refractivity contribution in [3.05, 3.63) is 122 Å². The lowest BCUT2D eigenvalue weighted by Crippen LogP contribution is -2.30. The van der Waals surface area contributed by atoms with Crippen LogP contribution in [-0.2, 0) is 28.6 Å². The number of carbonyl (C=O) groups is 3. The van der Waals surface area contributed by atoms with Crippen LogP contribution in [0.15, 0.2) is 122 Å². The van der Waals surface area contributed by atoms with Gasteiger partial charge in [-0.2, -0.15) is 0 Å². The summed E-state index contributed by atoms with van der Waals surface area (Å²) in [5.41, 5.74) is 0. The molecular formula is C74H124O6. The van der Waals surface area contributed by atoms with Gasteiger partial charge in [0.15, 0.2) is 6.10 Å². The number of unbranched alkanes of at least 4 members (excludes halogenated alkanes) is 29. The molecule has 80 heavy (non-hydrogen) atoms. The predicted octanol–water partition coefficient (Wildman–Crippen LogP) is 23.2. The molecule has 0 N–H and O–H groups in total. The molecule has 1 unspecified atom stereocenters. The van der Waals surface area contributed by atoms with E-state index < -0.39 is 6.10 Å². The molecule has 0 aliphatic carbocycles. The van der Waals surface area contributed by atoms with E-state index in [9.17, 15) is 14.4 Å². The first-order valence-corrected chi connectivity index (χ1v) is 33.5. The molecule has 0 radical (unpaired) electrons. The van der Waals surface area contributed by atoms with Gasteiger partial charge in [-0.25, -0.2) is 0 Å². The Morgan fingerprint density at radius 3 is 0.825 bits per heavy atom. The lowest BCUT2D eigenvalue weighted by molar-refractivity contribution is -0.167. The molecule has 6 nitrogen and oxygen atoms in total. The van der Waals surface area contributed by atoms with Crippen molar-refractivity contribution >= 4 is 17.9 Å². The fourth-order valence-corrected chi connectivity index (χ4v) is 9.16. The quantitative estimate of drug-likeness (QED) is 0.0261. The highest BCUT2D eigenvalue weighted by molar-refractivity contribution is 5.71. The monoisotopic (exact) mass is 1110 g/mol. The van der Waals surface area contributed by atoms with Crippen LogP contribution < -0.4 is 0 Å². The number of hydrogen-bond acceptors (Lipinski definition) is 6. The lowest BCUT2D eigenvalue weighted by atomic mass is 10.0. The smallest absolute Gasteiger partial charge is 0.306 e. The SMILES string of the molecule is CC/C=C\C/C=C\C/C=C\C/C=C\C/C=C\C/C=C\C/C=C\CCCCCCCCCCCCCCCC(=O)OCC(COC(=O)CCCCCCC/C=C\CCC)OC(=O)CCCCCCCCC/C=C\C/C=C\CCCCC. The highest BCUT2D eigenvalue weighted by Gasteiger charge is 2.19. The van der Waals surface area contributed by atoms with E-state index in [1.807, 2.05) is 0 Å². The van der Waals surface area contributed by atoms with Crippen LogP contribution in [-0.4, -0.2) is 37.2 Å². The zero-order chi connectivity index (χ0) is 57.8. The molecule has 0 aromatic rings. The fraction of sp³-hybridized carbons (Fsp3) is 0.689. The second-order valence-corrected chi connectivity index (χ2v) is 22.0. The second kappa shape index (κ2) is 67.3. The highest BCUT2D eigenvalue weighted by atomic mass is 16.6. The average molecular weight is 1110 g/mol. The molecule has 0 amide bonds. The summed E-state index contributed by atoms with van der Waals surface area (Å²) in [7, 11) is 0. The van der Waals surface area contributed by atoms with Crippen molar-refractivity contribution < 1.29 is 28.6 Å². The molecule has 0 aliphatic rings. The summed E-state index contributed by atoms with van der Waals surface area (Å²) in [6, 6.07) is 0. The summed E-state index contributed by atoms with van der Waals surface area (Å²) in [6.45, 7) is 6.44. The first-order chi connectivity index (χ1) is 39.5. The molecule has 0 saturated heterocycles. The molecule has 0 heterocycles. The second-order valence-electron chi connectivity index (χ2n) is 22.0. The van der Waals surface area contributed by atoms with Gasteiger partial charge in [-0.15, -0.1) is 0 Å². The van der Waals surface area contributed by atoms with E-state index in [2.05, 4.69) is 142 Å². The fourth-order valence-electron chi connectivity index (χ4n) is 9.16. The van der Waals surface area contributed by atoms with Crippen LogP contribution in [0.4, 0.5) is 0 Å². The van der Waals surface area contributed by atoms with Crippen molar-refractivity contribution in [3.63, 3.8) is 0 Å². The Morgan fingerprint density at radius 2 is 0.512 bits per heavy atom. The Labute approximate surface area is 494 Å². The van der Waals surface area contributed by atoms with Crippen molar-refractivity contribution in [2.75, 3.05) is 13.2 Å². The van der Waals surface area contributed by atoms with Crippen molar-refractivity contribution in [2.45, 2.75) is 316 Å². The van der Waals surface area contributed by atoms with Crippen LogP contribution in [0, 0.1) is 0 Å². The van der Waals surface area contributed by atoms with Gasteiger partial charge < -0.3 is 14.2 Å². The van der Waals surface area contributed by atoms with Gasteiger partial charge in [0.2, 0.25) is 0 Å². The van der Waals surface area contributed by atoms with Crippen LogP contribution in [0.2, 0.25) is 0 Å². The number of allylic oxidation sites excluding steroid dienone is 20. The van der Waals surface area contributed by atoms with Crippen molar-refractivity contribution in [1.29, 1.82) is 0 Å². The van der Waals surface area contributed by atoms with Gasteiger partial charge in [-0.05, 0) is 128 Å². The van der Waals surface area contributed by atoms with Crippen LogP contribution >= 0.6 is 0 Å². The minimum atomic E-state index is -0.787. The van der Waals surface area contributed by atoms with Gasteiger partial charge in [0.1, 0.15) is 13.2 Å². The zero-order valence-corrected chi connectivity index (χ0v) is 52.3. The minimum Gasteiger partial charge on any atom is -0.462 e. The maximum atomic E-state index is 12.9. The first kappa shape index (κ1) is 75.8. The number of carbonyl (C=O) groups excluding carboxylic acids is 3. The molecule has 0 rings (SSSR count). The number of rotatable bonds is 60. The van der Waals surface area contributed by atoms with Gasteiger partial charge in [0.25, 0.3) is 0 Å². The summed E-state index contributed by atoms with van der Waals surface area (Å²) in [6.07, 6.45) is 93.7. The molecule has 0 aromatic carbocycles. The molecule has 1 atom stereocenters. The Kier molecular flexibility index (Phi) is 63.8. The van der Waals surface area contributed by atoms with Gasteiger partial charge in [-0.1, -0.05) is 284 Å². The van der Waals surface area contributed by atoms with E-state index in [1.165, 1.54) is 141 Å². The van der Waals surface area contributed by atoms with Crippen LogP contribution in [0.1, 0.15) is 310 Å². The Morgan fingerprint density at radius 1 is 0.263 bits per heavy atom. The van der Waals surface area contributed by atoms with E-state index in [0.29, 0.717) is 19.3 Å². The third-order valence-corrected chi connectivity index (χ3v) is 14.2. The van der Waals surface area contributed by atoms with Crippen molar-refractivity contribution in [1.82, 2.24) is 0 Å². The predicted molar refractivity (Wildman–Crippen MR) is 348 cm³/mol. The number of hydrogen-bond donors (Lipinski definition) is 0. The van der Waals surface area contributed by atoms with Gasteiger partial charge in [-0.3, -0.25) is 14.4 Å². The topological polar surface area (TPSA) is 78.9 Å². The summed E-state index contributed by atoms with van der Waals surface area (Å²) < 4.78 is 16.9. The van der Waals surface area contributed by atoms with Gasteiger partial charge in [0.05, 0.1) is 0 Å².